The summed E-state index contributed by atoms with van der Waals surface area (Å²) in [5.41, 5.74) is 0.706. The molecule has 0 saturated heterocycles. The van der Waals surface area contributed by atoms with E-state index in [0.29, 0.717) is 0 Å². The van der Waals surface area contributed by atoms with Gasteiger partial charge < -0.3 is 10.0 Å². The van der Waals surface area contributed by atoms with E-state index in [-0.39, 0.29) is 0 Å². The van der Waals surface area contributed by atoms with Crippen LogP contribution in [0.2, 0.25) is 0 Å². The molecule has 3 nitrogen and oxygen atoms in total. The van der Waals surface area contributed by atoms with E-state index in [9.17, 15) is 5.11 Å². The Hall–Kier alpha value is -1.09. The molecule has 0 bridgehead atoms. The van der Waals surface area contributed by atoms with Crippen molar-refractivity contribution in [1.29, 1.82) is 0 Å². The number of nitrogens with zero attached hydrogens (tertiary/aromatic N) is 2. The van der Waals surface area contributed by atoms with Crippen molar-refractivity contribution in [2.45, 2.75) is 24.9 Å². The summed E-state index contributed by atoms with van der Waals surface area (Å²) in [6.45, 7) is 0. The maximum absolute atomic E-state index is 9.72. The molecule has 1 saturated carbocycles. The van der Waals surface area contributed by atoms with Crippen LogP contribution in [0.3, 0.4) is 0 Å². The number of anilines is 1. The summed E-state index contributed by atoms with van der Waals surface area (Å²) in [6, 6.07) is 4.03. The van der Waals surface area contributed by atoms with Crippen LogP contribution in [0.4, 0.5) is 5.82 Å². The van der Waals surface area contributed by atoms with Crippen molar-refractivity contribution in [3.05, 3.63) is 23.9 Å². The van der Waals surface area contributed by atoms with Gasteiger partial charge in [-0.2, -0.15) is 0 Å². The Balaban J connectivity index is 2.06. The minimum Gasteiger partial charge on any atom is -0.390 e. The molecular weight excluding hydrogens is 176 g/mol. The van der Waals surface area contributed by atoms with Crippen molar-refractivity contribution in [3.8, 4) is 0 Å². The fourth-order valence-corrected chi connectivity index (χ4v) is 1.49. The standard InChI is InChI=1S/C11H16N2O/c1-13(2)10-4-3-9(8-12-10)7-11(14)5-6-11/h3-4,8,14H,5-7H2,1-2H3. The van der Waals surface area contributed by atoms with Crippen LogP contribution in [0.15, 0.2) is 18.3 Å². The topological polar surface area (TPSA) is 36.4 Å². The van der Waals surface area contributed by atoms with Gasteiger partial charge in [0.05, 0.1) is 5.60 Å². The average Bonchev–Trinajstić information content (AvgIpc) is 2.84. The Kier molecular flexibility index (Phi) is 2.19. The van der Waals surface area contributed by atoms with Crippen molar-refractivity contribution < 1.29 is 5.11 Å². The van der Waals surface area contributed by atoms with Gasteiger partial charge in [0.25, 0.3) is 0 Å². The molecule has 0 atom stereocenters. The predicted octanol–water partition coefficient (Wildman–Crippen LogP) is 1.21. The van der Waals surface area contributed by atoms with Crippen LogP contribution in [-0.4, -0.2) is 29.8 Å². The van der Waals surface area contributed by atoms with Crippen molar-refractivity contribution in [2.24, 2.45) is 0 Å². The van der Waals surface area contributed by atoms with E-state index >= 15 is 0 Å². The Morgan fingerprint density at radius 2 is 2.14 bits per heavy atom. The number of aromatic nitrogens is 1. The van der Waals surface area contributed by atoms with E-state index in [4.69, 9.17) is 0 Å². The van der Waals surface area contributed by atoms with Gasteiger partial charge in [0.15, 0.2) is 0 Å². The zero-order chi connectivity index (χ0) is 10.2. The summed E-state index contributed by atoms with van der Waals surface area (Å²) < 4.78 is 0. The first-order valence-electron chi connectivity index (χ1n) is 4.94. The molecule has 0 radical (unpaired) electrons. The van der Waals surface area contributed by atoms with E-state index < -0.39 is 5.60 Å². The molecule has 76 valence electrons. The van der Waals surface area contributed by atoms with Crippen molar-refractivity contribution >= 4 is 5.82 Å². The molecule has 1 heterocycles. The maximum Gasteiger partial charge on any atom is 0.127 e. The quantitative estimate of drug-likeness (QED) is 0.782. The van der Waals surface area contributed by atoms with Crippen molar-refractivity contribution in [1.82, 2.24) is 4.98 Å². The molecule has 0 spiro atoms. The molecule has 1 aromatic heterocycles. The molecule has 14 heavy (non-hydrogen) atoms. The summed E-state index contributed by atoms with van der Waals surface area (Å²) >= 11 is 0. The van der Waals surface area contributed by atoms with Crippen LogP contribution in [-0.2, 0) is 6.42 Å². The third-order valence-electron chi connectivity index (χ3n) is 2.63. The van der Waals surface area contributed by atoms with Gasteiger partial charge in [-0.1, -0.05) is 6.07 Å². The van der Waals surface area contributed by atoms with Crippen LogP contribution in [0.1, 0.15) is 18.4 Å². The second kappa shape index (κ2) is 3.24. The van der Waals surface area contributed by atoms with Gasteiger partial charge in [-0.3, -0.25) is 0 Å². The van der Waals surface area contributed by atoms with Gasteiger partial charge in [0.1, 0.15) is 5.82 Å². The molecule has 3 heteroatoms. The van der Waals surface area contributed by atoms with Crippen LogP contribution < -0.4 is 4.90 Å². The molecule has 1 fully saturated rings. The third-order valence-corrected chi connectivity index (χ3v) is 2.63. The lowest BCUT2D eigenvalue weighted by Gasteiger charge is -2.12. The van der Waals surface area contributed by atoms with Crippen LogP contribution in [0.25, 0.3) is 0 Å². The molecule has 1 N–H and O–H groups in total. The largest absolute Gasteiger partial charge is 0.390 e. The highest BCUT2D eigenvalue weighted by atomic mass is 16.3. The van der Waals surface area contributed by atoms with Gasteiger partial charge in [0.2, 0.25) is 0 Å². The van der Waals surface area contributed by atoms with Gasteiger partial charge >= 0.3 is 0 Å². The molecule has 0 unspecified atom stereocenters. The monoisotopic (exact) mass is 192 g/mol. The van der Waals surface area contributed by atoms with Crippen molar-refractivity contribution in [2.75, 3.05) is 19.0 Å². The van der Waals surface area contributed by atoms with Crippen LogP contribution in [0.5, 0.6) is 0 Å². The number of aliphatic hydroxyl groups is 1. The van der Waals surface area contributed by atoms with E-state index in [1.54, 1.807) is 0 Å². The summed E-state index contributed by atoms with van der Waals surface area (Å²) in [4.78, 5) is 6.27. The lowest BCUT2D eigenvalue weighted by atomic mass is 10.1. The van der Waals surface area contributed by atoms with E-state index in [1.165, 1.54) is 0 Å². The second-order valence-electron chi connectivity index (χ2n) is 4.32. The molecule has 0 amide bonds. The zero-order valence-corrected chi connectivity index (χ0v) is 8.70. The number of rotatable bonds is 3. The summed E-state index contributed by atoms with van der Waals surface area (Å²) in [6.07, 6.45) is 4.46. The number of pyridine rings is 1. The maximum atomic E-state index is 9.72. The summed E-state index contributed by atoms with van der Waals surface area (Å²) in [5, 5.41) is 9.72. The molecule has 2 rings (SSSR count). The zero-order valence-electron chi connectivity index (χ0n) is 8.70. The Morgan fingerprint density at radius 1 is 1.43 bits per heavy atom. The number of hydrogen-bond donors (Lipinski definition) is 1. The van der Waals surface area contributed by atoms with Crippen LogP contribution in [0, 0.1) is 0 Å². The molecule has 1 aromatic rings. The van der Waals surface area contributed by atoms with Gasteiger partial charge in [-0.05, 0) is 24.5 Å². The van der Waals surface area contributed by atoms with Gasteiger partial charge in [0, 0.05) is 26.7 Å². The van der Waals surface area contributed by atoms with Gasteiger partial charge in [-0.25, -0.2) is 4.98 Å². The fraction of sp³-hybridized carbons (Fsp3) is 0.545. The van der Waals surface area contributed by atoms with E-state index in [0.717, 1.165) is 30.6 Å². The smallest absolute Gasteiger partial charge is 0.127 e. The third kappa shape index (κ3) is 2.04. The molecule has 1 aliphatic carbocycles. The summed E-state index contributed by atoms with van der Waals surface area (Å²) in [5.74, 6) is 0.955. The molecule has 1 aliphatic rings. The fourth-order valence-electron chi connectivity index (χ4n) is 1.49. The van der Waals surface area contributed by atoms with E-state index in [2.05, 4.69) is 4.98 Å². The highest BCUT2D eigenvalue weighted by Crippen LogP contribution is 2.38. The SMILES string of the molecule is CN(C)c1ccc(CC2(O)CC2)cn1. The molecular formula is C11H16N2O. The lowest BCUT2D eigenvalue weighted by Crippen LogP contribution is -2.13. The Bertz CT molecular complexity index is 315. The first-order chi connectivity index (χ1) is 6.59. The highest BCUT2D eigenvalue weighted by Gasteiger charge is 2.40. The second-order valence-corrected chi connectivity index (χ2v) is 4.32. The minimum absolute atomic E-state index is 0.415. The number of hydrogen-bond acceptors (Lipinski definition) is 3. The molecule has 0 aliphatic heterocycles. The predicted molar refractivity (Wildman–Crippen MR) is 56.5 cm³/mol. The summed E-state index contributed by atoms with van der Waals surface area (Å²) in [7, 11) is 3.94. The van der Waals surface area contributed by atoms with Gasteiger partial charge in [-0.15, -0.1) is 0 Å². The minimum atomic E-state index is -0.415. The normalized spacial score (nSPS) is 17.9. The van der Waals surface area contributed by atoms with Crippen LogP contribution >= 0.6 is 0 Å². The Morgan fingerprint density at radius 3 is 2.57 bits per heavy atom. The molecule has 0 aromatic carbocycles. The lowest BCUT2D eigenvalue weighted by molar-refractivity contribution is 0.151. The average molecular weight is 192 g/mol. The highest BCUT2D eigenvalue weighted by molar-refractivity contribution is 5.37. The first kappa shape index (κ1) is 9.46. The first-order valence-corrected chi connectivity index (χ1v) is 4.94. The Labute approximate surface area is 84.4 Å². The van der Waals surface area contributed by atoms with Crippen molar-refractivity contribution in [3.63, 3.8) is 0 Å². The van der Waals surface area contributed by atoms with E-state index in [1.807, 2.05) is 37.3 Å².